The zero-order valence-electron chi connectivity index (χ0n) is 8.07. The summed E-state index contributed by atoms with van der Waals surface area (Å²) in [5, 5.41) is 5.57. The highest BCUT2D eigenvalue weighted by Crippen LogP contribution is 2.17. The Bertz CT molecular complexity index is 491. The second-order valence-corrected chi connectivity index (χ2v) is 3.22. The zero-order valence-corrected chi connectivity index (χ0v) is 8.07. The zero-order chi connectivity index (χ0) is 9.97. The van der Waals surface area contributed by atoms with E-state index in [0.29, 0.717) is 6.54 Å². The van der Waals surface area contributed by atoms with Crippen LogP contribution in [-0.2, 0) is 13.5 Å². The number of hydrogen-bond acceptors (Lipinski definition) is 1. The van der Waals surface area contributed by atoms with Gasteiger partial charge in [0.15, 0.2) is 0 Å². The fourth-order valence-electron chi connectivity index (χ4n) is 1.64. The van der Waals surface area contributed by atoms with Gasteiger partial charge < -0.3 is 4.85 Å². The van der Waals surface area contributed by atoms with Crippen molar-refractivity contribution in [2.45, 2.75) is 6.42 Å². The lowest BCUT2D eigenvalue weighted by Crippen LogP contribution is -1.93. The molecule has 0 saturated heterocycles. The minimum Gasteiger partial charge on any atom is -0.317 e. The van der Waals surface area contributed by atoms with E-state index in [1.165, 1.54) is 5.39 Å². The van der Waals surface area contributed by atoms with E-state index < -0.39 is 0 Å². The van der Waals surface area contributed by atoms with E-state index in [0.717, 1.165) is 17.6 Å². The number of benzene rings is 1. The molecule has 2 aromatic rings. The van der Waals surface area contributed by atoms with Crippen molar-refractivity contribution in [3.05, 3.63) is 41.4 Å². The van der Waals surface area contributed by atoms with E-state index in [1.54, 1.807) is 0 Å². The predicted molar refractivity (Wildman–Crippen MR) is 55.9 cm³/mol. The molecule has 70 valence electrons. The second kappa shape index (κ2) is 3.51. The number of aryl methyl sites for hydroxylation is 1. The van der Waals surface area contributed by atoms with Crippen molar-refractivity contribution in [3.63, 3.8) is 0 Å². The van der Waals surface area contributed by atoms with E-state index in [2.05, 4.69) is 16.0 Å². The van der Waals surface area contributed by atoms with Crippen LogP contribution in [0, 0.1) is 6.57 Å². The SMILES string of the molecule is [C-]#[N+]CCc1nn(C)c2ccccc12. The molecule has 0 saturated carbocycles. The summed E-state index contributed by atoms with van der Waals surface area (Å²) < 4.78 is 1.87. The van der Waals surface area contributed by atoms with Crippen molar-refractivity contribution in [1.82, 2.24) is 9.78 Å². The summed E-state index contributed by atoms with van der Waals surface area (Å²) >= 11 is 0. The number of hydrogen-bond donors (Lipinski definition) is 0. The van der Waals surface area contributed by atoms with E-state index in [4.69, 9.17) is 6.57 Å². The molecule has 0 radical (unpaired) electrons. The summed E-state index contributed by atoms with van der Waals surface area (Å²) in [6.45, 7) is 7.27. The molecule has 3 nitrogen and oxygen atoms in total. The maximum absolute atomic E-state index is 6.76. The highest BCUT2D eigenvalue weighted by molar-refractivity contribution is 5.81. The standard InChI is InChI=1S/C11H11N3/c1-12-8-7-10-9-5-3-4-6-11(9)14(2)13-10/h3-6H,7-8H2,2H3. The summed E-state index contributed by atoms with van der Waals surface area (Å²) in [5.74, 6) is 0. The van der Waals surface area contributed by atoms with Crippen LogP contribution >= 0.6 is 0 Å². The van der Waals surface area contributed by atoms with Crippen LogP contribution in [0.1, 0.15) is 5.69 Å². The normalized spacial score (nSPS) is 10.3. The van der Waals surface area contributed by atoms with E-state index in [9.17, 15) is 0 Å². The van der Waals surface area contributed by atoms with Gasteiger partial charge in [-0.2, -0.15) is 5.10 Å². The van der Waals surface area contributed by atoms with Crippen LogP contribution in [0.3, 0.4) is 0 Å². The monoisotopic (exact) mass is 185 g/mol. The van der Waals surface area contributed by atoms with Crippen molar-refractivity contribution < 1.29 is 0 Å². The van der Waals surface area contributed by atoms with Gasteiger partial charge in [-0.3, -0.25) is 4.68 Å². The molecule has 0 fully saturated rings. The molecule has 0 amide bonds. The van der Waals surface area contributed by atoms with Crippen LogP contribution in [0.25, 0.3) is 15.7 Å². The molecule has 0 aliphatic carbocycles. The summed E-state index contributed by atoms with van der Waals surface area (Å²) in [5.41, 5.74) is 2.16. The fourth-order valence-corrected chi connectivity index (χ4v) is 1.64. The van der Waals surface area contributed by atoms with Crippen LogP contribution in [0.4, 0.5) is 0 Å². The van der Waals surface area contributed by atoms with Gasteiger partial charge in [-0.1, -0.05) is 18.2 Å². The minimum absolute atomic E-state index is 0.515. The van der Waals surface area contributed by atoms with E-state index >= 15 is 0 Å². The average Bonchev–Trinajstić information content (AvgIpc) is 2.54. The lowest BCUT2D eigenvalue weighted by atomic mass is 10.2. The Morgan fingerprint density at radius 3 is 3.00 bits per heavy atom. The van der Waals surface area contributed by atoms with Gasteiger partial charge in [0.1, 0.15) is 0 Å². The van der Waals surface area contributed by atoms with Gasteiger partial charge >= 0.3 is 0 Å². The van der Waals surface area contributed by atoms with Crippen molar-refractivity contribution in [2.75, 3.05) is 6.54 Å². The Morgan fingerprint density at radius 1 is 1.43 bits per heavy atom. The minimum atomic E-state index is 0.515. The molecule has 0 bridgehead atoms. The second-order valence-electron chi connectivity index (χ2n) is 3.22. The van der Waals surface area contributed by atoms with Gasteiger partial charge in [0.2, 0.25) is 6.54 Å². The van der Waals surface area contributed by atoms with Gasteiger partial charge in [-0.05, 0) is 6.07 Å². The van der Waals surface area contributed by atoms with Crippen LogP contribution in [-0.4, -0.2) is 16.3 Å². The largest absolute Gasteiger partial charge is 0.317 e. The third-order valence-electron chi connectivity index (χ3n) is 2.29. The first-order chi connectivity index (χ1) is 6.83. The molecule has 2 rings (SSSR count). The van der Waals surface area contributed by atoms with Gasteiger partial charge in [0.25, 0.3) is 0 Å². The summed E-state index contributed by atoms with van der Waals surface area (Å²) in [6.07, 6.45) is 0.741. The summed E-state index contributed by atoms with van der Waals surface area (Å²) in [6, 6.07) is 8.11. The molecule has 1 heterocycles. The number of para-hydroxylation sites is 1. The Kier molecular flexibility index (Phi) is 2.19. The fraction of sp³-hybridized carbons (Fsp3) is 0.273. The van der Waals surface area contributed by atoms with E-state index in [1.807, 2.05) is 29.9 Å². The first-order valence-corrected chi connectivity index (χ1v) is 4.57. The molecule has 3 heteroatoms. The molecule has 1 aromatic heterocycles. The van der Waals surface area contributed by atoms with Crippen molar-refractivity contribution in [1.29, 1.82) is 0 Å². The van der Waals surface area contributed by atoms with Crippen LogP contribution in [0.15, 0.2) is 24.3 Å². The third kappa shape index (κ3) is 1.35. The maximum atomic E-state index is 6.76. The molecule has 14 heavy (non-hydrogen) atoms. The smallest absolute Gasteiger partial charge is 0.220 e. The lowest BCUT2D eigenvalue weighted by Gasteiger charge is -1.90. The number of fused-ring (bicyclic) bond motifs is 1. The maximum Gasteiger partial charge on any atom is 0.220 e. The van der Waals surface area contributed by atoms with Crippen LogP contribution in [0.2, 0.25) is 0 Å². The third-order valence-corrected chi connectivity index (χ3v) is 2.29. The predicted octanol–water partition coefficient (Wildman–Crippen LogP) is 2.04. The quantitative estimate of drug-likeness (QED) is 0.656. The van der Waals surface area contributed by atoms with Gasteiger partial charge in [-0.25, -0.2) is 6.57 Å². The molecular weight excluding hydrogens is 174 g/mol. The number of aromatic nitrogens is 2. The van der Waals surface area contributed by atoms with Crippen LogP contribution in [0.5, 0.6) is 0 Å². The van der Waals surface area contributed by atoms with Gasteiger partial charge in [0.05, 0.1) is 17.6 Å². The Morgan fingerprint density at radius 2 is 2.21 bits per heavy atom. The number of nitrogens with zero attached hydrogens (tertiary/aromatic N) is 3. The molecule has 0 aliphatic heterocycles. The van der Waals surface area contributed by atoms with Crippen molar-refractivity contribution >= 4 is 10.9 Å². The average molecular weight is 185 g/mol. The van der Waals surface area contributed by atoms with Gasteiger partial charge in [-0.15, -0.1) is 0 Å². The molecule has 1 aromatic carbocycles. The van der Waals surface area contributed by atoms with Crippen molar-refractivity contribution in [3.8, 4) is 0 Å². The molecule has 0 spiro atoms. The highest BCUT2D eigenvalue weighted by atomic mass is 15.3. The van der Waals surface area contributed by atoms with Crippen LogP contribution < -0.4 is 0 Å². The first-order valence-electron chi connectivity index (χ1n) is 4.57. The molecular formula is C11H11N3. The summed E-state index contributed by atoms with van der Waals surface area (Å²) in [7, 11) is 1.93. The first kappa shape index (κ1) is 8.76. The van der Waals surface area contributed by atoms with Crippen molar-refractivity contribution in [2.24, 2.45) is 7.05 Å². The lowest BCUT2D eigenvalue weighted by molar-refractivity contribution is 0.767. The Balaban J connectivity index is 2.51. The topological polar surface area (TPSA) is 22.2 Å². The van der Waals surface area contributed by atoms with E-state index in [-0.39, 0.29) is 0 Å². The molecule has 0 aliphatic rings. The molecule has 0 N–H and O–H groups in total. The number of rotatable bonds is 2. The Labute approximate surface area is 82.8 Å². The molecule has 0 atom stereocenters. The highest BCUT2D eigenvalue weighted by Gasteiger charge is 2.07. The van der Waals surface area contributed by atoms with Gasteiger partial charge in [0, 0.05) is 12.4 Å². The molecule has 0 unspecified atom stereocenters. The summed E-state index contributed by atoms with van der Waals surface area (Å²) in [4.78, 5) is 3.35. The Hall–Kier alpha value is -1.82.